The van der Waals surface area contributed by atoms with Gasteiger partial charge in [0.05, 0.1) is 12.6 Å². The highest BCUT2D eigenvalue weighted by Crippen LogP contribution is 2.34. The molecule has 28 heavy (non-hydrogen) atoms. The van der Waals surface area contributed by atoms with Crippen LogP contribution in [0.1, 0.15) is 37.1 Å². The molecule has 3 atom stereocenters. The molecule has 2 fully saturated rings. The Morgan fingerprint density at radius 2 is 2.25 bits per heavy atom. The second-order valence-electron chi connectivity index (χ2n) is 7.25. The van der Waals surface area contributed by atoms with Crippen LogP contribution in [0.25, 0.3) is 0 Å². The van der Waals surface area contributed by atoms with E-state index in [4.69, 9.17) is 9.26 Å². The molecule has 1 aromatic carbocycles. The number of rotatable bonds is 6. The van der Waals surface area contributed by atoms with Crippen molar-refractivity contribution in [2.45, 2.75) is 38.3 Å². The Morgan fingerprint density at radius 3 is 3.07 bits per heavy atom. The zero-order valence-corrected chi connectivity index (χ0v) is 15.9. The third-order valence-corrected chi connectivity index (χ3v) is 5.52. The number of benzene rings is 1. The minimum absolute atomic E-state index is 0.0759. The predicted molar refractivity (Wildman–Crippen MR) is 99.9 cm³/mol. The largest absolute Gasteiger partial charge is 0.476 e. The lowest BCUT2D eigenvalue weighted by Crippen LogP contribution is -2.47. The molecular weight excluding hydrogens is 363 g/mol. The minimum atomic E-state index is -0.221. The Hall–Kier alpha value is -2.45. The highest BCUT2D eigenvalue weighted by Gasteiger charge is 2.42. The van der Waals surface area contributed by atoms with E-state index >= 15 is 0 Å². The molecule has 8 heteroatoms. The maximum atomic E-state index is 14.2. The van der Waals surface area contributed by atoms with Crippen molar-refractivity contribution in [1.82, 2.24) is 20.9 Å². The van der Waals surface area contributed by atoms with Crippen LogP contribution in [0, 0.1) is 11.7 Å². The lowest BCUT2D eigenvalue weighted by atomic mass is 9.85. The fourth-order valence-electron chi connectivity index (χ4n) is 4.08. The van der Waals surface area contributed by atoms with E-state index in [9.17, 15) is 9.18 Å². The summed E-state index contributed by atoms with van der Waals surface area (Å²) in [6.45, 7) is 3.69. The third kappa shape index (κ3) is 3.88. The first kappa shape index (κ1) is 18.9. The maximum Gasteiger partial charge on any atom is 0.254 e. The van der Waals surface area contributed by atoms with E-state index in [1.807, 2.05) is 17.9 Å². The first-order valence-corrected chi connectivity index (χ1v) is 9.77. The summed E-state index contributed by atoms with van der Waals surface area (Å²) in [5.74, 6) is 1.07. The van der Waals surface area contributed by atoms with Crippen LogP contribution in [0.15, 0.2) is 34.9 Å². The zero-order valence-electron chi connectivity index (χ0n) is 15.9. The van der Waals surface area contributed by atoms with Gasteiger partial charge in [-0.1, -0.05) is 18.2 Å². The molecule has 0 aliphatic carbocycles. The summed E-state index contributed by atoms with van der Waals surface area (Å²) in [6.07, 6.45) is 1.67. The number of piperidine rings is 1. The van der Waals surface area contributed by atoms with Crippen LogP contribution >= 0.6 is 0 Å². The number of amides is 1. The number of fused-ring (bicyclic) bond motifs is 1. The number of hydrogen-bond acceptors (Lipinski definition) is 6. The summed E-state index contributed by atoms with van der Waals surface area (Å²) >= 11 is 0. The molecule has 2 aliphatic heterocycles. The first-order chi connectivity index (χ1) is 13.7. The summed E-state index contributed by atoms with van der Waals surface area (Å²) in [6, 6.07) is 8.62. The molecule has 3 heterocycles. The number of aryl methyl sites for hydroxylation is 1. The van der Waals surface area contributed by atoms with Gasteiger partial charge in [-0.25, -0.2) is 9.82 Å². The molecule has 0 saturated carbocycles. The minimum Gasteiger partial charge on any atom is -0.476 e. The number of hydrogen-bond donors (Lipinski definition) is 2. The van der Waals surface area contributed by atoms with E-state index in [-0.39, 0.29) is 29.7 Å². The second kappa shape index (κ2) is 8.28. The Balaban J connectivity index is 1.37. The van der Waals surface area contributed by atoms with E-state index < -0.39 is 0 Å². The average Bonchev–Trinajstić information content (AvgIpc) is 3.33. The topological polar surface area (TPSA) is 79.6 Å². The van der Waals surface area contributed by atoms with Gasteiger partial charge in [-0.15, -0.1) is 0 Å². The van der Waals surface area contributed by atoms with Crippen molar-refractivity contribution in [3.05, 3.63) is 47.5 Å². The quantitative estimate of drug-likeness (QED) is 0.790. The molecule has 4 rings (SSSR count). The number of nitrogens with one attached hydrogen (secondary N) is 2. The molecular formula is C20H25FN4O3. The molecule has 7 nitrogen and oxygen atoms in total. The van der Waals surface area contributed by atoms with E-state index in [0.717, 1.165) is 6.42 Å². The normalized spacial score (nSPS) is 24.2. The standard InChI is InChI=1S/C20H25FN4O3/c1-2-27-18-11-13(28-24-18)7-8-19(26)25-10-9-17-15(12-25)20(23-22-17)14-5-3-4-6-16(14)21/h3-6,11,15,17,20,22-23H,2,7-10,12H2,1H3. The number of halogens is 1. The van der Waals surface area contributed by atoms with Crippen LogP contribution in [0.5, 0.6) is 5.88 Å². The fourth-order valence-corrected chi connectivity index (χ4v) is 4.08. The summed E-state index contributed by atoms with van der Waals surface area (Å²) in [7, 11) is 0. The molecule has 0 radical (unpaired) electrons. The average molecular weight is 388 g/mol. The van der Waals surface area contributed by atoms with Crippen LogP contribution in [-0.2, 0) is 11.2 Å². The fraction of sp³-hybridized carbons (Fsp3) is 0.500. The number of aromatic nitrogens is 1. The van der Waals surface area contributed by atoms with Crippen molar-refractivity contribution in [1.29, 1.82) is 0 Å². The Morgan fingerprint density at radius 1 is 1.39 bits per heavy atom. The van der Waals surface area contributed by atoms with Gasteiger partial charge < -0.3 is 14.2 Å². The summed E-state index contributed by atoms with van der Waals surface area (Å²) in [5, 5.41) is 3.82. The Labute approximate surface area is 163 Å². The molecule has 150 valence electrons. The van der Waals surface area contributed by atoms with Crippen molar-refractivity contribution in [3.8, 4) is 5.88 Å². The van der Waals surface area contributed by atoms with Gasteiger partial charge in [0.2, 0.25) is 5.91 Å². The summed E-state index contributed by atoms with van der Waals surface area (Å²) in [4.78, 5) is 14.6. The maximum absolute atomic E-state index is 14.2. The van der Waals surface area contributed by atoms with Gasteiger partial charge in [-0.05, 0) is 24.6 Å². The molecule has 2 aliphatic rings. The van der Waals surface area contributed by atoms with Gasteiger partial charge in [0, 0.05) is 49.5 Å². The number of hydrazine groups is 1. The smallest absolute Gasteiger partial charge is 0.254 e. The number of likely N-dealkylation sites (tertiary alicyclic amines) is 1. The van der Waals surface area contributed by atoms with E-state index in [1.165, 1.54) is 6.07 Å². The summed E-state index contributed by atoms with van der Waals surface area (Å²) in [5.41, 5.74) is 7.14. The van der Waals surface area contributed by atoms with Crippen LogP contribution in [0.3, 0.4) is 0 Å². The number of carbonyl (C=O) groups is 1. The van der Waals surface area contributed by atoms with Crippen molar-refractivity contribution >= 4 is 5.91 Å². The van der Waals surface area contributed by atoms with Gasteiger partial charge in [0.1, 0.15) is 11.6 Å². The van der Waals surface area contributed by atoms with Crippen LogP contribution in [-0.4, -0.2) is 41.7 Å². The highest BCUT2D eigenvalue weighted by molar-refractivity contribution is 5.76. The lowest BCUT2D eigenvalue weighted by Gasteiger charge is -2.36. The van der Waals surface area contributed by atoms with E-state index in [2.05, 4.69) is 16.0 Å². The number of carbonyl (C=O) groups excluding carboxylic acids is 1. The SMILES string of the molecule is CCOc1cc(CCC(=O)N2CCC3NNC(c4ccccc4F)C3C2)on1. The van der Waals surface area contributed by atoms with Crippen LogP contribution < -0.4 is 15.6 Å². The van der Waals surface area contributed by atoms with Crippen molar-refractivity contribution < 1.29 is 18.4 Å². The van der Waals surface area contributed by atoms with Crippen LogP contribution in [0.2, 0.25) is 0 Å². The number of nitrogens with zero attached hydrogens (tertiary/aromatic N) is 2. The molecule has 2 aromatic rings. The molecule has 1 aromatic heterocycles. The molecule has 2 saturated heterocycles. The monoisotopic (exact) mass is 388 g/mol. The molecule has 0 spiro atoms. The van der Waals surface area contributed by atoms with Gasteiger partial charge in [0.25, 0.3) is 5.88 Å². The van der Waals surface area contributed by atoms with Crippen LogP contribution in [0.4, 0.5) is 4.39 Å². The van der Waals surface area contributed by atoms with Gasteiger partial charge in [-0.2, -0.15) is 0 Å². The van der Waals surface area contributed by atoms with Crippen molar-refractivity contribution in [2.75, 3.05) is 19.7 Å². The summed E-state index contributed by atoms with van der Waals surface area (Å²) < 4.78 is 24.7. The first-order valence-electron chi connectivity index (χ1n) is 9.77. The van der Waals surface area contributed by atoms with E-state index in [0.29, 0.717) is 49.7 Å². The van der Waals surface area contributed by atoms with Gasteiger partial charge in [-0.3, -0.25) is 10.2 Å². The van der Waals surface area contributed by atoms with E-state index in [1.54, 1.807) is 18.2 Å². The van der Waals surface area contributed by atoms with Gasteiger partial charge in [0.15, 0.2) is 0 Å². The second-order valence-corrected chi connectivity index (χ2v) is 7.25. The Kier molecular flexibility index (Phi) is 5.59. The molecule has 2 N–H and O–H groups in total. The van der Waals surface area contributed by atoms with Gasteiger partial charge >= 0.3 is 0 Å². The number of ether oxygens (including phenoxy) is 1. The third-order valence-electron chi connectivity index (χ3n) is 5.52. The molecule has 1 amide bonds. The molecule has 0 bridgehead atoms. The zero-order chi connectivity index (χ0) is 19.5. The van der Waals surface area contributed by atoms with Crippen molar-refractivity contribution in [2.24, 2.45) is 5.92 Å². The Bertz CT molecular complexity index is 827. The predicted octanol–water partition coefficient (Wildman–Crippen LogP) is 2.21. The lowest BCUT2D eigenvalue weighted by molar-refractivity contribution is -0.133. The molecule has 3 unspecified atom stereocenters. The van der Waals surface area contributed by atoms with Crippen molar-refractivity contribution in [3.63, 3.8) is 0 Å². The highest BCUT2D eigenvalue weighted by atomic mass is 19.1.